The third-order valence-electron chi connectivity index (χ3n) is 5.76. The van der Waals surface area contributed by atoms with Gasteiger partial charge < -0.3 is 5.32 Å². The molecule has 3 aliphatic rings. The Balaban J connectivity index is 1.76. The molecule has 4 rings (SSSR count). The van der Waals surface area contributed by atoms with Crippen molar-refractivity contribution in [1.29, 1.82) is 0 Å². The first-order valence-corrected chi connectivity index (χ1v) is 11.5. The van der Waals surface area contributed by atoms with Gasteiger partial charge in [-0.1, -0.05) is 36.0 Å². The van der Waals surface area contributed by atoms with Gasteiger partial charge in [0, 0.05) is 41.7 Å². The lowest BCUT2D eigenvalue weighted by Crippen LogP contribution is -2.34. The number of aliphatic imine (C=N–C) groups is 1. The first-order valence-electron chi connectivity index (χ1n) is 11.5. The summed E-state index contributed by atoms with van der Waals surface area (Å²) in [5, 5.41) is 4.01. The zero-order chi connectivity index (χ0) is 23.9. The zero-order valence-corrected chi connectivity index (χ0v) is 19.1. The van der Waals surface area contributed by atoms with E-state index in [0.29, 0.717) is 60.2 Å². The Kier molecular flexibility index (Phi) is 7.72. The van der Waals surface area contributed by atoms with Crippen molar-refractivity contribution in [2.45, 2.75) is 39.0 Å². The Labute approximate surface area is 197 Å². The molecule has 0 atom stereocenters. The van der Waals surface area contributed by atoms with Gasteiger partial charge in [-0.3, -0.25) is 4.99 Å². The molecule has 2 heterocycles. The Bertz CT molecular complexity index is 1290. The summed E-state index contributed by atoms with van der Waals surface area (Å²) in [5.41, 5.74) is 1.94. The maximum Gasteiger partial charge on any atom is 0.158 e. The Morgan fingerprint density at radius 2 is 1.97 bits per heavy atom. The minimum absolute atomic E-state index is 0.0242. The number of rotatable bonds is 6. The molecule has 0 amide bonds. The van der Waals surface area contributed by atoms with E-state index in [1.165, 1.54) is 12.2 Å². The van der Waals surface area contributed by atoms with E-state index in [-0.39, 0.29) is 17.3 Å². The maximum absolute atomic E-state index is 15.5. The molecule has 0 radical (unpaired) electrons. The summed E-state index contributed by atoms with van der Waals surface area (Å²) in [4.78, 5) is 13.3. The van der Waals surface area contributed by atoms with Crippen LogP contribution in [0.3, 0.4) is 0 Å². The molecule has 1 N–H and O–H groups in total. The normalized spacial score (nSPS) is 22.7. The molecule has 0 saturated carbocycles. The molecule has 0 fully saturated rings. The summed E-state index contributed by atoms with van der Waals surface area (Å²) in [5.74, 6) is -0.0722. The second-order valence-corrected chi connectivity index (χ2v) is 8.18. The third kappa shape index (κ3) is 5.35. The second kappa shape index (κ2) is 11.1. The standard InChI is InChI=1S/C27H27F3N4/c1-2-32-27-22-11-10-18(15-20-7-4-3-5-8-21(17-28)24(20)30)16-23(29)25(22)33-26(34-27)19-9-6-13-31-14-12-19/h5-9,11,13-14,16H,2-4,10,12,15,17H2,1H3,(H,32,33,34)/b8-5+,20-7-,24-21-. The highest BCUT2D eigenvalue weighted by atomic mass is 19.1. The van der Waals surface area contributed by atoms with Crippen LogP contribution >= 0.6 is 0 Å². The number of nitrogens with one attached hydrogen (secondary N) is 1. The average Bonchev–Trinajstić information content (AvgIpc) is 3.19. The predicted octanol–water partition coefficient (Wildman–Crippen LogP) is 5.33. The number of hydrogen-bond donors (Lipinski definition) is 1. The molecule has 176 valence electrons. The monoisotopic (exact) mass is 464 g/mol. The van der Waals surface area contributed by atoms with Gasteiger partial charge in [0.25, 0.3) is 0 Å². The smallest absolute Gasteiger partial charge is 0.158 e. The minimum Gasteiger partial charge on any atom is -0.370 e. The molecule has 7 heteroatoms. The lowest BCUT2D eigenvalue weighted by molar-refractivity contribution is 0.528. The number of anilines is 1. The van der Waals surface area contributed by atoms with Crippen molar-refractivity contribution < 1.29 is 13.2 Å². The number of aromatic nitrogens is 2. The molecule has 2 aliphatic carbocycles. The van der Waals surface area contributed by atoms with Gasteiger partial charge in [-0.25, -0.2) is 23.1 Å². The van der Waals surface area contributed by atoms with Crippen LogP contribution < -0.4 is 15.9 Å². The van der Waals surface area contributed by atoms with Crippen molar-refractivity contribution in [2.24, 2.45) is 4.99 Å². The maximum atomic E-state index is 15.5. The van der Waals surface area contributed by atoms with Crippen molar-refractivity contribution in [3.8, 4) is 0 Å². The molecule has 0 aromatic carbocycles. The first kappa shape index (κ1) is 23.7. The van der Waals surface area contributed by atoms with E-state index in [1.54, 1.807) is 30.6 Å². The van der Waals surface area contributed by atoms with Crippen LogP contribution in [0, 0.1) is 0 Å². The van der Waals surface area contributed by atoms with Gasteiger partial charge in [0.05, 0.1) is 0 Å². The molecule has 0 spiro atoms. The van der Waals surface area contributed by atoms with Crippen LogP contribution in [0.4, 0.5) is 19.0 Å². The minimum atomic E-state index is -0.878. The predicted molar refractivity (Wildman–Crippen MR) is 133 cm³/mol. The van der Waals surface area contributed by atoms with E-state index in [4.69, 9.17) is 0 Å². The van der Waals surface area contributed by atoms with E-state index in [2.05, 4.69) is 20.3 Å². The quantitative estimate of drug-likeness (QED) is 0.619. The van der Waals surface area contributed by atoms with E-state index < -0.39 is 18.3 Å². The van der Waals surface area contributed by atoms with Gasteiger partial charge in [-0.2, -0.15) is 0 Å². The average molecular weight is 465 g/mol. The number of halogens is 3. The summed E-state index contributed by atoms with van der Waals surface area (Å²) >= 11 is 0. The van der Waals surface area contributed by atoms with Crippen LogP contribution in [0.1, 0.15) is 44.9 Å². The number of alkyl halides is 1. The Morgan fingerprint density at radius 1 is 1.09 bits per heavy atom. The summed E-state index contributed by atoms with van der Waals surface area (Å²) < 4.78 is 43.8. The van der Waals surface area contributed by atoms with Crippen molar-refractivity contribution in [3.63, 3.8) is 0 Å². The van der Waals surface area contributed by atoms with Crippen molar-refractivity contribution >= 4 is 29.5 Å². The molecular weight excluding hydrogens is 437 g/mol. The molecule has 0 saturated heterocycles. The zero-order valence-electron chi connectivity index (χ0n) is 19.1. The van der Waals surface area contributed by atoms with Crippen LogP contribution in [0.25, 0.3) is 17.5 Å². The van der Waals surface area contributed by atoms with Crippen LogP contribution in [-0.4, -0.2) is 29.4 Å². The van der Waals surface area contributed by atoms with E-state index >= 15 is 4.39 Å². The summed E-state index contributed by atoms with van der Waals surface area (Å²) in [6.07, 6.45) is 18.0. The van der Waals surface area contributed by atoms with Crippen LogP contribution in [0.5, 0.6) is 0 Å². The highest BCUT2D eigenvalue weighted by Gasteiger charge is 2.17. The number of allylic oxidation sites excluding steroid dienone is 11. The Morgan fingerprint density at radius 3 is 2.79 bits per heavy atom. The highest BCUT2D eigenvalue weighted by Crippen LogP contribution is 2.29. The second-order valence-electron chi connectivity index (χ2n) is 8.18. The van der Waals surface area contributed by atoms with Gasteiger partial charge in [0.15, 0.2) is 5.82 Å². The highest BCUT2D eigenvalue weighted by molar-refractivity contribution is 5.79. The van der Waals surface area contributed by atoms with Crippen LogP contribution in [0.15, 0.2) is 70.2 Å². The van der Waals surface area contributed by atoms with Gasteiger partial charge >= 0.3 is 0 Å². The summed E-state index contributed by atoms with van der Waals surface area (Å²) in [7, 11) is 0. The summed E-state index contributed by atoms with van der Waals surface area (Å²) in [6, 6.07) is 0. The lowest BCUT2D eigenvalue weighted by Gasteiger charge is -2.12. The van der Waals surface area contributed by atoms with Crippen molar-refractivity contribution in [2.75, 3.05) is 18.5 Å². The molecule has 1 aromatic rings. The molecule has 1 aromatic heterocycles. The molecule has 4 nitrogen and oxygen atoms in total. The Hall–Kier alpha value is -3.48. The molecular formula is C27H27F3N4. The van der Waals surface area contributed by atoms with Gasteiger partial charge in [0.1, 0.15) is 29.5 Å². The lowest BCUT2D eigenvalue weighted by atomic mass is 9.96. The third-order valence-corrected chi connectivity index (χ3v) is 5.76. The van der Waals surface area contributed by atoms with E-state index in [1.807, 2.05) is 19.1 Å². The fourth-order valence-corrected chi connectivity index (χ4v) is 4.05. The SMILES string of the molecule is CCNc1nc(C2=CC=CN=CC2)nc2c1=CCC(CC1=C/CC/C=C/C(CF)=C\1F)=CC=2F. The largest absolute Gasteiger partial charge is 0.370 e. The number of fused-ring (bicyclic) bond motifs is 1. The van der Waals surface area contributed by atoms with Crippen molar-refractivity contribution in [3.05, 3.63) is 81.6 Å². The first-order chi connectivity index (χ1) is 16.6. The number of hydrogen-bond acceptors (Lipinski definition) is 4. The van der Waals surface area contributed by atoms with Gasteiger partial charge in [-0.15, -0.1) is 0 Å². The topological polar surface area (TPSA) is 50.2 Å². The van der Waals surface area contributed by atoms with Gasteiger partial charge in [-0.05, 0) is 50.3 Å². The number of nitrogens with zero attached hydrogens (tertiary/aromatic N) is 3. The van der Waals surface area contributed by atoms with Crippen LogP contribution in [0.2, 0.25) is 0 Å². The summed E-state index contributed by atoms with van der Waals surface area (Å²) in [6.45, 7) is 1.68. The van der Waals surface area contributed by atoms with E-state index in [9.17, 15) is 8.78 Å². The fraction of sp³-hybridized carbons (Fsp3) is 0.296. The van der Waals surface area contributed by atoms with Crippen LogP contribution in [-0.2, 0) is 0 Å². The molecule has 34 heavy (non-hydrogen) atoms. The van der Waals surface area contributed by atoms with Gasteiger partial charge in [0.2, 0.25) is 0 Å². The molecule has 0 unspecified atom stereocenters. The van der Waals surface area contributed by atoms with Crippen molar-refractivity contribution in [1.82, 2.24) is 9.97 Å². The fourth-order valence-electron chi connectivity index (χ4n) is 4.05. The molecule has 0 bridgehead atoms. The molecule has 1 aliphatic heterocycles. The van der Waals surface area contributed by atoms with E-state index in [0.717, 1.165) is 5.57 Å².